The van der Waals surface area contributed by atoms with E-state index >= 15 is 0 Å². The highest BCUT2D eigenvalue weighted by Crippen LogP contribution is 2.30. The summed E-state index contributed by atoms with van der Waals surface area (Å²) in [6, 6.07) is 1.69. The average molecular weight is 389 g/mol. The Morgan fingerprint density at radius 3 is 2.70 bits per heavy atom. The summed E-state index contributed by atoms with van der Waals surface area (Å²) in [5.74, 6) is -2.42. The summed E-state index contributed by atoms with van der Waals surface area (Å²) in [4.78, 5) is 28.6. The molecule has 1 heterocycles. The normalized spacial score (nSPS) is 21.1. The number of hydrogen-bond donors (Lipinski definition) is 1. The fourth-order valence-corrected chi connectivity index (χ4v) is 2.98. The van der Waals surface area contributed by atoms with Gasteiger partial charge in [0, 0.05) is 19.1 Å². The first-order chi connectivity index (χ1) is 12.8. The van der Waals surface area contributed by atoms with E-state index in [-0.39, 0.29) is 43.9 Å². The third-order valence-electron chi connectivity index (χ3n) is 4.39. The first-order valence-electron chi connectivity index (χ1n) is 8.64. The van der Waals surface area contributed by atoms with Crippen LogP contribution in [-0.2, 0) is 27.1 Å². The van der Waals surface area contributed by atoms with Gasteiger partial charge in [0.1, 0.15) is 17.4 Å². The van der Waals surface area contributed by atoms with Crippen molar-refractivity contribution in [1.82, 2.24) is 4.98 Å². The van der Waals surface area contributed by atoms with Gasteiger partial charge in [-0.3, -0.25) is 9.59 Å². The fraction of sp³-hybridized carbons (Fsp3) is 0.611. The minimum absolute atomic E-state index is 0.104. The second-order valence-corrected chi connectivity index (χ2v) is 6.36. The zero-order valence-electron chi connectivity index (χ0n) is 14.9. The molecule has 0 radical (unpaired) electrons. The smallest absolute Gasteiger partial charge is 0.392 e. The van der Waals surface area contributed by atoms with Gasteiger partial charge in [0.2, 0.25) is 0 Å². The molecular weight excluding hydrogens is 367 g/mol. The summed E-state index contributed by atoms with van der Waals surface area (Å²) >= 11 is 0. The predicted molar refractivity (Wildman–Crippen MR) is 88.1 cm³/mol. The number of ketones is 2. The number of Topliss-reactive ketones (excluding diaryl/α,β-unsaturated/α-hetero) is 2. The van der Waals surface area contributed by atoms with Crippen LogP contribution in [0.5, 0.6) is 0 Å². The largest absolute Gasteiger partial charge is 0.433 e. The van der Waals surface area contributed by atoms with Crippen molar-refractivity contribution in [3.05, 3.63) is 29.1 Å². The molecule has 0 aromatic carbocycles. The lowest BCUT2D eigenvalue weighted by molar-refractivity contribution is -0.141. The van der Waals surface area contributed by atoms with Crippen LogP contribution in [-0.4, -0.2) is 48.1 Å². The second kappa shape index (κ2) is 9.38. The standard InChI is InChI=1S/C18H22F3NO5/c1-26-8-9-27-10-12-11(6-7-15(22-12)18(19,20)21)17(25)16-13(23)4-2-3-5-14(16)24/h6-7,13,16,23H,2-5,8-10H2,1H3. The number of pyridine rings is 1. The molecular formula is C18H22F3NO5. The number of alkyl halides is 3. The van der Waals surface area contributed by atoms with E-state index in [1.165, 1.54) is 7.11 Å². The summed E-state index contributed by atoms with van der Waals surface area (Å²) in [5, 5.41) is 10.2. The van der Waals surface area contributed by atoms with Crippen LogP contribution in [0.25, 0.3) is 0 Å². The van der Waals surface area contributed by atoms with Crippen molar-refractivity contribution in [2.45, 2.75) is 44.6 Å². The molecule has 27 heavy (non-hydrogen) atoms. The summed E-state index contributed by atoms with van der Waals surface area (Å²) in [5.41, 5.74) is -1.51. The maximum absolute atomic E-state index is 13.0. The molecule has 1 fully saturated rings. The van der Waals surface area contributed by atoms with Crippen LogP contribution in [0.4, 0.5) is 13.2 Å². The first kappa shape index (κ1) is 21.5. The monoisotopic (exact) mass is 389 g/mol. The molecule has 1 N–H and O–H groups in total. The number of methoxy groups -OCH3 is 1. The number of aliphatic hydroxyl groups excluding tert-OH is 1. The van der Waals surface area contributed by atoms with Gasteiger partial charge in [-0.15, -0.1) is 0 Å². The van der Waals surface area contributed by atoms with Crippen molar-refractivity contribution in [1.29, 1.82) is 0 Å². The molecule has 2 unspecified atom stereocenters. The summed E-state index contributed by atoms with van der Waals surface area (Å²) in [6.45, 7) is -0.0134. The predicted octanol–water partition coefficient (Wildman–Crippen LogP) is 2.57. The number of nitrogens with zero attached hydrogens (tertiary/aromatic N) is 1. The highest BCUT2D eigenvalue weighted by atomic mass is 19.4. The molecule has 2 rings (SSSR count). The number of rotatable bonds is 7. The van der Waals surface area contributed by atoms with E-state index in [1.807, 2.05) is 0 Å². The Hall–Kier alpha value is -1.84. The number of aromatic nitrogens is 1. The van der Waals surface area contributed by atoms with Crippen LogP contribution in [0.3, 0.4) is 0 Å². The molecule has 1 aromatic heterocycles. The Balaban J connectivity index is 2.34. The first-order valence-corrected chi connectivity index (χ1v) is 8.64. The van der Waals surface area contributed by atoms with Crippen molar-refractivity contribution in [3.63, 3.8) is 0 Å². The van der Waals surface area contributed by atoms with Gasteiger partial charge in [-0.25, -0.2) is 4.98 Å². The van der Waals surface area contributed by atoms with Crippen molar-refractivity contribution in [2.24, 2.45) is 5.92 Å². The molecule has 1 saturated carbocycles. The highest BCUT2D eigenvalue weighted by Gasteiger charge is 2.38. The Bertz CT molecular complexity index is 677. The van der Waals surface area contributed by atoms with Crippen LogP contribution in [0.2, 0.25) is 0 Å². The number of carbonyl (C=O) groups is 2. The van der Waals surface area contributed by atoms with E-state index in [2.05, 4.69) is 4.98 Å². The lowest BCUT2D eigenvalue weighted by Gasteiger charge is -2.20. The minimum Gasteiger partial charge on any atom is -0.392 e. The van der Waals surface area contributed by atoms with Crippen molar-refractivity contribution >= 4 is 11.6 Å². The number of halogens is 3. The maximum atomic E-state index is 13.0. The molecule has 0 saturated heterocycles. The zero-order valence-corrected chi connectivity index (χ0v) is 14.9. The number of ether oxygens (including phenoxy) is 2. The third-order valence-corrected chi connectivity index (χ3v) is 4.39. The van der Waals surface area contributed by atoms with Gasteiger partial charge in [0.15, 0.2) is 5.78 Å². The summed E-state index contributed by atoms with van der Waals surface area (Å²) < 4.78 is 49.0. The van der Waals surface area contributed by atoms with Crippen LogP contribution < -0.4 is 0 Å². The third kappa shape index (κ3) is 5.57. The SMILES string of the molecule is COCCOCc1nc(C(F)(F)F)ccc1C(=O)C1C(=O)CCCCC1O. The van der Waals surface area contributed by atoms with Crippen LogP contribution in [0.15, 0.2) is 12.1 Å². The summed E-state index contributed by atoms with van der Waals surface area (Å²) in [6.07, 6.45) is -4.22. The van der Waals surface area contributed by atoms with Gasteiger partial charge in [-0.1, -0.05) is 6.42 Å². The molecule has 0 amide bonds. The molecule has 150 valence electrons. The Morgan fingerprint density at radius 2 is 2.04 bits per heavy atom. The maximum Gasteiger partial charge on any atom is 0.433 e. The van der Waals surface area contributed by atoms with E-state index in [9.17, 15) is 27.9 Å². The number of aliphatic hydroxyl groups is 1. The lowest BCUT2D eigenvalue weighted by atomic mass is 9.87. The molecule has 9 heteroatoms. The molecule has 1 aliphatic rings. The van der Waals surface area contributed by atoms with Gasteiger partial charge < -0.3 is 14.6 Å². The average Bonchev–Trinajstić information content (AvgIpc) is 2.77. The number of carbonyl (C=O) groups excluding carboxylic acids is 2. The van der Waals surface area contributed by atoms with E-state index in [1.54, 1.807) is 0 Å². The highest BCUT2D eigenvalue weighted by molar-refractivity contribution is 6.11. The molecule has 0 spiro atoms. The van der Waals surface area contributed by atoms with Crippen LogP contribution in [0.1, 0.15) is 47.4 Å². The van der Waals surface area contributed by atoms with Crippen molar-refractivity contribution < 1.29 is 37.3 Å². The van der Waals surface area contributed by atoms with E-state index in [0.717, 1.165) is 6.07 Å². The van der Waals surface area contributed by atoms with Crippen molar-refractivity contribution in [2.75, 3.05) is 20.3 Å². The molecule has 0 aliphatic heterocycles. The van der Waals surface area contributed by atoms with Crippen LogP contribution >= 0.6 is 0 Å². The van der Waals surface area contributed by atoms with Gasteiger partial charge in [-0.05, 0) is 25.0 Å². The molecule has 1 aliphatic carbocycles. The number of hydrogen-bond acceptors (Lipinski definition) is 6. The zero-order chi connectivity index (χ0) is 20.0. The summed E-state index contributed by atoms with van der Waals surface area (Å²) in [7, 11) is 1.44. The Morgan fingerprint density at radius 1 is 1.30 bits per heavy atom. The van der Waals surface area contributed by atoms with Gasteiger partial charge >= 0.3 is 6.18 Å². The van der Waals surface area contributed by atoms with Gasteiger partial charge in [0.05, 0.1) is 31.6 Å². The molecule has 6 nitrogen and oxygen atoms in total. The molecule has 0 bridgehead atoms. The van der Waals surface area contributed by atoms with E-state index in [4.69, 9.17) is 9.47 Å². The van der Waals surface area contributed by atoms with Gasteiger partial charge in [-0.2, -0.15) is 13.2 Å². The minimum atomic E-state index is -4.68. The second-order valence-electron chi connectivity index (χ2n) is 6.36. The van der Waals surface area contributed by atoms with Crippen LogP contribution in [0, 0.1) is 5.92 Å². The Kier molecular flexibility index (Phi) is 7.46. The lowest BCUT2D eigenvalue weighted by Crippen LogP contribution is -2.34. The fourth-order valence-electron chi connectivity index (χ4n) is 2.98. The quantitative estimate of drug-likeness (QED) is 0.334. The van der Waals surface area contributed by atoms with E-state index < -0.39 is 35.5 Å². The van der Waals surface area contributed by atoms with Gasteiger partial charge in [0.25, 0.3) is 0 Å². The van der Waals surface area contributed by atoms with Crippen molar-refractivity contribution in [3.8, 4) is 0 Å². The molecule has 1 aromatic rings. The Labute approximate surface area is 154 Å². The van der Waals surface area contributed by atoms with E-state index in [0.29, 0.717) is 18.9 Å². The topological polar surface area (TPSA) is 85.7 Å². The molecule has 2 atom stereocenters.